The summed E-state index contributed by atoms with van der Waals surface area (Å²) in [7, 11) is 3.39. The second-order valence-corrected chi connectivity index (χ2v) is 8.32. The fraction of sp³-hybridized carbons (Fsp3) is 0.333. The number of carbonyl (C=O) groups is 1. The Morgan fingerprint density at radius 3 is 2.60 bits per heavy atom. The largest absolute Gasteiger partial charge is 0.469 e. The van der Waals surface area contributed by atoms with Crippen molar-refractivity contribution in [2.24, 2.45) is 5.92 Å². The number of carbonyl (C=O) groups excluding carboxylic acids is 1. The van der Waals surface area contributed by atoms with Crippen molar-refractivity contribution < 1.29 is 13.9 Å². The highest BCUT2D eigenvalue weighted by Crippen LogP contribution is 2.45. The summed E-state index contributed by atoms with van der Waals surface area (Å²) in [6, 6.07) is 14.5. The number of aromatic nitrogens is 1. The average molecular weight is 427 g/mol. The molecule has 1 heterocycles. The lowest BCUT2D eigenvalue weighted by molar-refractivity contribution is -0.145. The first kappa shape index (κ1) is 20.6. The molecule has 3 aromatic rings. The molecule has 0 saturated heterocycles. The van der Waals surface area contributed by atoms with Crippen LogP contribution in [0.15, 0.2) is 48.5 Å². The van der Waals surface area contributed by atoms with Crippen LogP contribution in [0.25, 0.3) is 10.9 Å². The maximum atomic E-state index is 13.5. The van der Waals surface area contributed by atoms with Gasteiger partial charge >= 0.3 is 5.97 Å². The lowest BCUT2D eigenvalue weighted by Gasteiger charge is -2.33. The fourth-order valence-electron chi connectivity index (χ4n) is 4.64. The molecule has 2 aromatic carbocycles. The molecule has 0 aliphatic heterocycles. The number of likely N-dealkylation sites (N-methyl/N-ethyl adjacent to an activating group) is 1. The van der Waals surface area contributed by atoms with Crippen LogP contribution in [0.4, 0.5) is 10.1 Å². The smallest absolute Gasteiger partial charge is 0.309 e. The molecule has 1 saturated carbocycles. The minimum absolute atomic E-state index is 0.00163. The minimum atomic E-state index is -0.298. The highest BCUT2D eigenvalue weighted by molar-refractivity contribution is 6.32. The van der Waals surface area contributed by atoms with Gasteiger partial charge in [-0.1, -0.05) is 35.9 Å². The molecule has 0 N–H and O–H groups in total. The second-order valence-electron chi connectivity index (χ2n) is 7.96. The predicted molar refractivity (Wildman–Crippen MR) is 118 cm³/mol. The van der Waals surface area contributed by atoms with Gasteiger partial charge in [-0.2, -0.15) is 0 Å². The summed E-state index contributed by atoms with van der Waals surface area (Å²) in [5.74, 6) is -0.956. The van der Waals surface area contributed by atoms with Crippen molar-refractivity contribution in [3.05, 3.63) is 70.6 Å². The molecule has 1 fully saturated rings. The van der Waals surface area contributed by atoms with E-state index in [4.69, 9.17) is 16.3 Å². The SMILES string of the molecule is COC(=O)[C@@H]1CC[C@H](N(C)c2cc3ccc(C)cc3nc2Cl)[C@@H]1c1ccc(F)cc1. The van der Waals surface area contributed by atoms with Crippen LogP contribution in [-0.2, 0) is 9.53 Å². The molecule has 4 nitrogen and oxygen atoms in total. The zero-order valence-electron chi connectivity index (χ0n) is 17.2. The van der Waals surface area contributed by atoms with E-state index >= 15 is 0 Å². The van der Waals surface area contributed by atoms with Crippen LogP contribution >= 0.6 is 11.6 Å². The van der Waals surface area contributed by atoms with Gasteiger partial charge in [-0.25, -0.2) is 9.37 Å². The Balaban J connectivity index is 1.74. The number of methoxy groups -OCH3 is 1. The standard InChI is InChI=1S/C24H24ClFN2O2/c1-14-4-5-16-13-21(23(25)27-19(16)12-14)28(2)20-11-10-18(24(29)30-3)22(20)15-6-8-17(26)9-7-15/h4-9,12-13,18,20,22H,10-11H2,1-3H3/t18-,20+,22-/m1/s1. The normalized spacial score (nSPS) is 21.0. The molecule has 0 spiro atoms. The van der Waals surface area contributed by atoms with Gasteiger partial charge < -0.3 is 9.64 Å². The molecular formula is C24H24ClFN2O2. The molecule has 6 heteroatoms. The topological polar surface area (TPSA) is 42.4 Å². The number of esters is 1. The van der Waals surface area contributed by atoms with Crippen LogP contribution in [-0.4, -0.2) is 31.2 Å². The molecule has 1 aliphatic carbocycles. The second kappa shape index (κ2) is 8.23. The zero-order valence-corrected chi connectivity index (χ0v) is 18.0. The van der Waals surface area contributed by atoms with Crippen molar-refractivity contribution in [3.63, 3.8) is 0 Å². The number of rotatable bonds is 4. The van der Waals surface area contributed by atoms with Crippen LogP contribution in [0.2, 0.25) is 5.15 Å². The van der Waals surface area contributed by atoms with Crippen LogP contribution in [0.5, 0.6) is 0 Å². The number of halogens is 2. The molecule has 0 bridgehead atoms. The van der Waals surface area contributed by atoms with E-state index in [1.165, 1.54) is 19.2 Å². The van der Waals surface area contributed by atoms with Gasteiger partial charge in [0, 0.05) is 24.4 Å². The Bertz CT molecular complexity index is 1090. The van der Waals surface area contributed by atoms with Crippen LogP contribution in [0, 0.1) is 18.7 Å². The number of hydrogen-bond donors (Lipinski definition) is 0. The molecule has 156 valence electrons. The Morgan fingerprint density at radius 1 is 1.17 bits per heavy atom. The van der Waals surface area contributed by atoms with Gasteiger partial charge in [-0.05, 0) is 55.2 Å². The third kappa shape index (κ3) is 3.74. The molecule has 1 aliphatic rings. The van der Waals surface area contributed by atoms with E-state index in [1.807, 2.05) is 38.2 Å². The maximum Gasteiger partial charge on any atom is 0.309 e. The van der Waals surface area contributed by atoms with Gasteiger partial charge in [0.2, 0.25) is 0 Å². The number of ether oxygens (including phenoxy) is 1. The number of anilines is 1. The average Bonchev–Trinajstić information content (AvgIpc) is 3.17. The molecule has 3 atom stereocenters. The van der Waals surface area contributed by atoms with E-state index in [-0.39, 0.29) is 29.7 Å². The van der Waals surface area contributed by atoms with Crippen molar-refractivity contribution in [3.8, 4) is 0 Å². The van der Waals surface area contributed by atoms with E-state index in [1.54, 1.807) is 12.1 Å². The first-order valence-corrected chi connectivity index (χ1v) is 10.4. The van der Waals surface area contributed by atoms with Crippen LogP contribution < -0.4 is 4.90 Å². The third-order valence-electron chi connectivity index (χ3n) is 6.17. The first-order chi connectivity index (χ1) is 14.4. The van der Waals surface area contributed by atoms with E-state index in [0.717, 1.165) is 34.1 Å². The van der Waals surface area contributed by atoms with Gasteiger partial charge in [0.15, 0.2) is 5.15 Å². The summed E-state index contributed by atoms with van der Waals surface area (Å²) in [5, 5.41) is 1.43. The van der Waals surface area contributed by atoms with Crippen molar-refractivity contribution in [1.29, 1.82) is 0 Å². The Morgan fingerprint density at radius 2 is 1.90 bits per heavy atom. The summed E-state index contributed by atoms with van der Waals surface area (Å²) < 4.78 is 18.6. The summed E-state index contributed by atoms with van der Waals surface area (Å²) >= 11 is 6.58. The van der Waals surface area contributed by atoms with Crippen LogP contribution in [0.1, 0.15) is 29.9 Å². The van der Waals surface area contributed by atoms with Gasteiger partial charge in [-0.3, -0.25) is 4.79 Å². The monoisotopic (exact) mass is 426 g/mol. The highest BCUT2D eigenvalue weighted by Gasteiger charge is 2.44. The summed E-state index contributed by atoms with van der Waals surface area (Å²) in [6.45, 7) is 2.02. The van der Waals surface area contributed by atoms with Crippen molar-refractivity contribution >= 4 is 34.2 Å². The van der Waals surface area contributed by atoms with Crippen LogP contribution in [0.3, 0.4) is 0 Å². The summed E-state index contributed by atoms with van der Waals surface area (Å²) in [6.07, 6.45) is 1.49. The summed E-state index contributed by atoms with van der Waals surface area (Å²) in [4.78, 5) is 19.2. The predicted octanol–water partition coefficient (Wildman–Crippen LogP) is 5.51. The first-order valence-electron chi connectivity index (χ1n) is 10.0. The Labute approximate surface area is 180 Å². The number of aryl methyl sites for hydroxylation is 1. The molecule has 0 unspecified atom stereocenters. The van der Waals surface area contributed by atoms with Gasteiger partial charge in [-0.15, -0.1) is 0 Å². The van der Waals surface area contributed by atoms with Gasteiger partial charge in [0.25, 0.3) is 0 Å². The van der Waals surface area contributed by atoms with Gasteiger partial charge in [0.1, 0.15) is 5.82 Å². The van der Waals surface area contributed by atoms with E-state index in [9.17, 15) is 9.18 Å². The minimum Gasteiger partial charge on any atom is -0.469 e. The molecule has 30 heavy (non-hydrogen) atoms. The lowest BCUT2D eigenvalue weighted by Crippen LogP contribution is -2.36. The molecule has 0 amide bonds. The molecular weight excluding hydrogens is 403 g/mol. The quantitative estimate of drug-likeness (QED) is 0.407. The number of pyridine rings is 1. The molecule has 0 radical (unpaired) electrons. The lowest BCUT2D eigenvalue weighted by atomic mass is 9.86. The third-order valence-corrected chi connectivity index (χ3v) is 6.44. The summed E-state index contributed by atoms with van der Waals surface area (Å²) in [5.41, 5.74) is 3.71. The number of benzene rings is 2. The maximum absolute atomic E-state index is 13.5. The molecule has 4 rings (SSSR count). The van der Waals surface area contributed by atoms with Crippen molar-refractivity contribution in [1.82, 2.24) is 4.98 Å². The number of fused-ring (bicyclic) bond motifs is 1. The van der Waals surface area contributed by atoms with Crippen molar-refractivity contribution in [2.45, 2.75) is 31.7 Å². The highest BCUT2D eigenvalue weighted by atomic mass is 35.5. The van der Waals surface area contributed by atoms with Crippen molar-refractivity contribution in [2.75, 3.05) is 19.1 Å². The number of nitrogens with zero attached hydrogens (tertiary/aromatic N) is 2. The number of hydrogen-bond acceptors (Lipinski definition) is 4. The van der Waals surface area contributed by atoms with E-state index in [2.05, 4.69) is 9.88 Å². The Hall–Kier alpha value is -2.66. The Kier molecular flexibility index (Phi) is 5.65. The molecule has 1 aromatic heterocycles. The zero-order chi connectivity index (χ0) is 21.4. The van der Waals surface area contributed by atoms with E-state index < -0.39 is 0 Å². The van der Waals surface area contributed by atoms with E-state index in [0.29, 0.717) is 11.6 Å². The fourth-order valence-corrected chi connectivity index (χ4v) is 4.91. The van der Waals surface area contributed by atoms with Gasteiger partial charge in [0.05, 0.1) is 24.2 Å².